The van der Waals surface area contributed by atoms with Crippen LogP contribution in [-0.4, -0.2) is 37.0 Å². The first-order chi connectivity index (χ1) is 16.7. The molecule has 0 aromatic heterocycles. The Kier molecular flexibility index (Phi) is 7.87. The smallest absolute Gasteiger partial charge is 0.403 e. The van der Waals surface area contributed by atoms with Gasteiger partial charge in [0, 0.05) is 6.42 Å². The van der Waals surface area contributed by atoms with Gasteiger partial charge in [-0.15, -0.1) is 0 Å². The van der Waals surface area contributed by atoms with Crippen LogP contribution in [-0.2, 0) is 19.6 Å². The summed E-state index contributed by atoms with van der Waals surface area (Å²) in [5, 5.41) is -5.01. The predicted molar refractivity (Wildman–Crippen MR) is 131 cm³/mol. The van der Waals surface area contributed by atoms with Gasteiger partial charge in [-0.2, -0.15) is 17.2 Å². The molecule has 0 aromatic carbocycles. The van der Waals surface area contributed by atoms with Gasteiger partial charge in [0.2, 0.25) is 6.17 Å². The Morgan fingerprint density at radius 3 is 2.42 bits per heavy atom. The van der Waals surface area contributed by atoms with Crippen LogP contribution in [0, 0.1) is 46.3 Å². The lowest BCUT2D eigenvalue weighted by Gasteiger charge is -2.61. The van der Waals surface area contributed by atoms with Gasteiger partial charge < -0.3 is 4.74 Å². The molecule has 9 heteroatoms. The van der Waals surface area contributed by atoms with Crippen molar-refractivity contribution in [3.8, 4) is 0 Å². The molecule has 4 aliphatic rings. The van der Waals surface area contributed by atoms with Crippen LogP contribution in [0.3, 0.4) is 0 Å². The largest absolute Gasteiger partial charge is 0.462 e. The second-order valence-corrected chi connectivity index (χ2v) is 14.3. The highest BCUT2D eigenvalue weighted by atomic mass is 32.2. The summed E-state index contributed by atoms with van der Waals surface area (Å²) in [5.41, 5.74) is 0.736. The van der Waals surface area contributed by atoms with Crippen LogP contribution in [0.5, 0.6) is 0 Å². The van der Waals surface area contributed by atoms with Crippen LogP contribution in [0.1, 0.15) is 97.8 Å². The van der Waals surface area contributed by atoms with E-state index in [0.717, 1.165) is 24.2 Å². The van der Waals surface area contributed by atoms with E-state index >= 15 is 0 Å². The van der Waals surface area contributed by atoms with Gasteiger partial charge in [0.05, 0.1) is 0 Å². The Labute approximate surface area is 214 Å². The third-order valence-corrected chi connectivity index (χ3v) is 12.2. The molecule has 1 unspecified atom stereocenters. The number of ether oxygens (including phenoxy) is 1. The zero-order valence-electron chi connectivity index (χ0n) is 21.9. The minimum Gasteiger partial charge on any atom is -0.462 e. The minimum atomic E-state index is -5.92. The van der Waals surface area contributed by atoms with Crippen LogP contribution in [0.15, 0.2) is 0 Å². The van der Waals surface area contributed by atoms with E-state index in [4.69, 9.17) is 4.55 Å². The molecule has 36 heavy (non-hydrogen) atoms. The SMILES string of the molecule is C[C@H](CCC(=O)OCC(F)C(F)(F)S(=O)(=O)O)[C@H]1CC[C@H]2[C@@H]3CC[C@@H]4CCCC[C@]4(C)[C@H]3CC[C@]12C. The number of carbonyl (C=O) groups is 1. The number of rotatable bonds is 8. The van der Waals surface area contributed by atoms with E-state index in [1.54, 1.807) is 0 Å². The van der Waals surface area contributed by atoms with Gasteiger partial charge in [-0.05, 0) is 104 Å². The summed E-state index contributed by atoms with van der Waals surface area (Å²) >= 11 is 0. The van der Waals surface area contributed by atoms with E-state index in [9.17, 15) is 26.4 Å². The van der Waals surface area contributed by atoms with Crippen molar-refractivity contribution in [1.82, 2.24) is 0 Å². The normalized spacial score (nSPS) is 40.5. The zero-order valence-corrected chi connectivity index (χ0v) is 22.7. The second kappa shape index (κ2) is 10.0. The first-order valence-corrected chi connectivity index (χ1v) is 15.3. The fourth-order valence-electron chi connectivity index (χ4n) is 9.31. The molecule has 0 aliphatic heterocycles. The van der Waals surface area contributed by atoms with Gasteiger partial charge in [-0.1, -0.05) is 33.6 Å². The maximum atomic E-state index is 13.6. The molecule has 208 valence electrons. The molecule has 9 atom stereocenters. The molecule has 0 bridgehead atoms. The standard InChI is InChI=1S/C27H43F3O5S/c1-17(7-12-24(31)35-16-23(28)27(29,30)36(32,33)34)20-10-11-21-19-9-8-18-6-4-5-14-25(18,2)22(19)13-15-26(20,21)3/h17-23H,4-16H2,1-3H3,(H,32,33,34)/t17-,18+,19+,20-,21+,22+,23?,25+,26-/m1/s1. The number of carbonyl (C=O) groups excluding carboxylic acids is 1. The van der Waals surface area contributed by atoms with Crippen molar-refractivity contribution in [3.05, 3.63) is 0 Å². The highest BCUT2D eigenvalue weighted by Gasteiger charge is 2.60. The van der Waals surface area contributed by atoms with E-state index in [2.05, 4.69) is 25.5 Å². The van der Waals surface area contributed by atoms with Crippen molar-refractivity contribution in [2.75, 3.05) is 6.61 Å². The minimum absolute atomic E-state index is 0.0333. The zero-order chi connectivity index (χ0) is 26.5. The molecule has 4 fully saturated rings. The van der Waals surface area contributed by atoms with Crippen molar-refractivity contribution >= 4 is 16.1 Å². The number of halogens is 3. The van der Waals surface area contributed by atoms with Gasteiger partial charge in [-0.25, -0.2) is 4.39 Å². The molecule has 1 N–H and O–H groups in total. The van der Waals surface area contributed by atoms with Crippen molar-refractivity contribution in [3.63, 3.8) is 0 Å². The number of alkyl halides is 3. The van der Waals surface area contributed by atoms with E-state index in [1.807, 2.05) is 0 Å². The maximum Gasteiger partial charge on any atom is 0.403 e. The average Bonchev–Trinajstić information content (AvgIpc) is 3.17. The van der Waals surface area contributed by atoms with Gasteiger partial charge >= 0.3 is 21.3 Å². The maximum absolute atomic E-state index is 13.6. The molecule has 0 radical (unpaired) electrons. The molecule has 5 nitrogen and oxygen atoms in total. The number of hydrogen-bond donors (Lipinski definition) is 1. The van der Waals surface area contributed by atoms with Crippen LogP contribution < -0.4 is 0 Å². The Bertz CT molecular complexity index is 926. The lowest BCUT2D eigenvalue weighted by molar-refractivity contribution is -0.149. The Morgan fingerprint density at radius 2 is 1.72 bits per heavy atom. The van der Waals surface area contributed by atoms with Gasteiger partial charge in [-0.3, -0.25) is 9.35 Å². The van der Waals surface area contributed by atoms with Crippen LogP contribution in [0.25, 0.3) is 0 Å². The first-order valence-electron chi connectivity index (χ1n) is 13.9. The Hall–Kier alpha value is -0.830. The molecular formula is C27H43F3O5S. The lowest BCUT2D eigenvalue weighted by Crippen LogP contribution is -2.53. The van der Waals surface area contributed by atoms with Crippen LogP contribution >= 0.6 is 0 Å². The number of esters is 1. The highest BCUT2D eigenvalue weighted by molar-refractivity contribution is 7.86. The van der Waals surface area contributed by atoms with Crippen molar-refractivity contribution < 1.29 is 35.7 Å². The lowest BCUT2D eigenvalue weighted by atomic mass is 9.44. The van der Waals surface area contributed by atoms with E-state index < -0.39 is 34.1 Å². The summed E-state index contributed by atoms with van der Waals surface area (Å²) in [7, 11) is -5.92. The highest BCUT2D eigenvalue weighted by Crippen LogP contribution is 2.68. The molecule has 0 saturated heterocycles. The summed E-state index contributed by atoms with van der Waals surface area (Å²) < 4.78 is 74.6. The van der Waals surface area contributed by atoms with E-state index in [0.29, 0.717) is 23.7 Å². The molecular weight excluding hydrogens is 493 g/mol. The van der Waals surface area contributed by atoms with Gasteiger partial charge in [0.25, 0.3) is 0 Å². The third kappa shape index (κ3) is 4.85. The van der Waals surface area contributed by atoms with Crippen molar-refractivity contribution in [2.24, 2.45) is 46.3 Å². The monoisotopic (exact) mass is 536 g/mol. The van der Waals surface area contributed by atoms with Crippen molar-refractivity contribution in [2.45, 2.75) is 109 Å². The van der Waals surface area contributed by atoms with Gasteiger partial charge in [0.1, 0.15) is 6.61 Å². The summed E-state index contributed by atoms with van der Waals surface area (Å²) in [4.78, 5) is 12.1. The summed E-state index contributed by atoms with van der Waals surface area (Å²) in [5.74, 6) is 3.11. The molecule has 0 aromatic rings. The van der Waals surface area contributed by atoms with E-state index in [1.165, 1.54) is 57.8 Å². The average molecular weight is 537 g/mol. The summed E-state index contributed by atoms with van der Waals surface area (Å²) in [6, 6.07) is 0. The predicted octanol–water partition coefficient (Wildman–Crippen LogP) is 6.81. The third-order valence-electron chi connectivity index (χ3n) is 11.2. The molecule has 0 heterocycles. The number of fused-ring (bicyclic) bond motifs is 5. The van der Waals surface area contributed by atoms with Crippen molar-refractivity contribution in [1.29, 1.82) is 0 Å². The topological polar surface area (TPSA) is 80.7 Å². The molecule has 0 spiro atoms. The fraction of sp³-hybridized carbons (Fsp3) is 0.963. The molecule has 4 aliphatic carbocycles. The fourth-order valence-corrected chi connectivity index (χ4v) is 9.71. The quantitative estimate of drug-likeness (QED) is 0.272. The van der Waals surface area contributed by atoms with E-state index in [-0.39, 0.29) is 17.8 Å². The van der Waals surface area contributed by atoms with Gasteiger partial charge in [0.15, 0.2) is 0 Å². The Balaban J connectivity index is 1.32. The first kappa shape index (κ1) is 28.2. The summed E-state index contributed by atoms with van der Waals surface area (Å²) in [6.45, 7) is 5.75. The van der Waals surface area contributed by atoms with Crippen LogP contribution in [0.4, 0.5) is 13.2 Å². The second-order valence-electron chi connectivity index (χ2n) is 12.8. The molecule has 4 rings (SSSR count). The van der Waals surface area contributed by atoms with Crippen LogP contribution in [0.2, 0.25) is 0 Å². The summed E-state index contributed by atoms with van der Waals surface area (Å²) in [6.07, 6.45) is 10.3. The number of hydrogen-bond acceptors (Lipinski definition) is 4. The molecule has 0 amide bonds. The molecule has 4 saturated carbocycles. The Morgan fingerprint density at radius 1 is 1.03 bits per heavy atom.